The highest BCUT2D eigenvalue weighted by Gasteiger charge is 2.06. The van der Waals surface area contributed by atoms with Gasteiger partial charge in [-0.05, 0) is 34.9 Å². The quantitative estimate of drug-likeness (QED) is 0.543. The number of hydrogen-bond acceptors (Lipinski definition) is 3. The largest absolute Gasteiger partial charge is 0.348 e. The van der Waals surface area contributed by atoms with Crippen molar-refractivity contribution in [2.24, 2.45) is 0 Å². The van der Waals surface area contributed by atoms with Gasteiger partial charge in [-0.1, -0.05) is 36.4 Å². The number of benzene rings is 2. The molecule has 28 heavy (non-hydrogen) atoms. The molecule has 0 radical (unpaired) electrons. The van der Waals surface area contributed by atoms with Crippen LogP contribution in [-0.2, 0) is 19.6 Å². The first kappa shape index (κ1) is 17.7. The highest BCUT2D eigenvalue weighted by Crippen LogP contribution is 2.09. The third-order valence-corrected chi connectivity index (χ3v) is 4.52. The predicted molar refractivity (Wildman–Crippen MR) is 107 cm³/mol. The van der Waals surface area contributed by atoms with E-state index in [4.69, 9.17) is 0 Å². The number of amides is 1. The van der Waals surface area contributed by atoms with E-state index < -0.39 is 0 Å². The average Bonchev–Trinajstić information content (AvgIpc) is 3.42. The van der Waals surface area contributed by atoms with Crippen molar-refractivity contribution in [3.63, 3.8) is 0 Å². The van der Waals surface area contributed by atoms with E-state index in [1.165, 1.54) is 5.56 Å². The fourth-order valence-electron chi connectivity index (χ4n) is 2.98. The Labute approximate surface area is 163 Å². The molecule has 0 atom stereocenters. The number of imidazole rings is 1. The number of carbonyl (C=O) groups excluding carboxylic acids is 1. The summed E-state index contributed by atoms with van der Waals surface area (Å²) in [6.07, 6.45) is 9.18. The summed E-state index contributed by atoms with van der Waals surface area (Å²) < 4.78 is 3.87. The second kappa shape index (κ2) is 8.35. The minimum Gasteiger partial charge on any atom is -0.348 e. The van der Waals surface area contributed by atoms with Crippen LogP contribution in [0.5, 0.6) is 0 Å². The molecular weight excluding hydrogens is 350 g/mol. The van der Waals surface area contributed by atoms with Crippen LogP contribution in [0.3, 0.4) is 0 Å². The lowest BCUT2D eigenvalue weighted by Crippen LogP contribution is -2.22. The molecule has 0 aliphatic carbocycles. The van der Waals surface area contributed by atoms with Gasteiger partial charge in [0.15, 0.2) is 0 Å². The van der Waals surface area contributed by atoms with Crippen molar-refractivity contribution in [2.45, 2.75) is 19.6 Å². The van der Waals surface area contributed by atoms with Crippen molar-refractivity contribution < 1.29 is 4.79 Å². The molecule has 2 heterocycles. The zero-order valence-corrected chi connectivity index (χ0v) is 15.4. The number of hydrogen-bond donors (Lipinski definition) is 1. The summed E-state index contributed by atoms with van der Waals surface area (Å²) in [6, 6.07) is 17.7. The highest BCUT2D eigenvalue weighted by atomic mass is 16.1. The molecule has 140 valence electrons. The smallest absolute Gasteiger partial charge is 0.251 e. The van der Waals surface area contributed by atoms with E-state index in [0.29, 0.717) is 18.7 Å². The van der Waals surface area contributed by atoms with Gasteiger partial charge in [-0.15, -0.1) is 0 Å². The molecule has 4 rings (SSSR count). The molecule has 0 saturated heterocycles. The van der Waals surface area contributed by atoms with Crippen molar-refractivity contribution in [3.8, 4) is 0 Å². The zero-order valence-electron chi connectivity index (χ0n) is 15.4. The van der Waals surface area contributed by atoms with Gasteiger partial charge in [0.05, 0.1) is 12.9 Å². The molecule has 2 aromatic heterocycles. The van der Waals surface area contributed by atoms with Crippen molar-refractivity contribution in [2.75, 3.05) is 0 Å². The summed E-state index contributed by atoms with van der Waals surface area (Å²) in [5.74, 6) is -0.0758. The number of carbonyl (C=O) groups is 1. The molecular formula is C22H21N5O. The van der Waals surface area contributed by atoms with E-state index in [0.717, 1.165) is 17.7 Å². The van der Waals surface area contributed by atoms with Gasteiger partial charge in [-0.25, -0.2) is 4.98 Å². The molecule has 1 N–H and O–H groups in total. The lowest BCUT2D eigenvalue weighted by molar-refractivity contribution is 0.0951. The van der Waals surface area contributed by atoms with Gasteiger partial charge in [0.2, 0.25) is 0 Å². The Morgan fingerprint density at radius 3 is 2.25 bits per heavy atom. The lowest BCUT2D eigenvalue weighted by Gasteiger charge is -2.08. The van der Waals surface area contributed by atoms with Gasteiger partial charge in [0, 0.05) is 43.4 Å². The Morgan fingerprint density at radius 1 is 0.857 bits per heavy atom. The van der Waals surface area contributed by atoms with Crippen LogP contribution in [0.1, 0.15) is 27.0 Å². The molecule has 0 spiro atoms. The fourth-order valence-corrected chi connectivity index (χ4v) is 2.98. The van der Waals surface area contributed by atoms with Gasteiger partial charge < -0.3 is 9.88 Å². The van der Waals surface area contributed by atoms with E-state index in [1.807, 2.05) is 64.1 Å². The molecule has 0 fully saturated rings. The summed E-state index contributed by atoms with van der Waals surface area (Å²) in [5.41, 5.74) is 4.02. The maximum atomic E-state index is 12.4. The molecule has 0 saturated carbocycles. The van der Waals surface area contributed by atoms with Gasteiger partial charge in [0.1, 0.15) is 0 Å². The Bertz CT molecular complexity index is 1000. The number of nitrogens with zero attached hydrogens (tertiary/aromatic N) is 4. The van der Waals surface area contributed by atoms with Crippen LogP contribution in [0.2, 0.25) is 0 Å². The van der Waals surface area contributed by atoms with E-state index >= 15 is 0 Å². The van der Waals surface area contributed by atoms with E-state index in [-0.39, 0.29) is 5.91 Å². The number of nitrogens with one attached hydrogen (secondary N) is 1. The van der Waals surface area contributed by atoms with Crippen LogP contribution >= 0.6 is 0 Å². The fraction of sp³-hybridized carbons (Fsp3) is 0.136. The van der Waals surface area contributed by atoms with Crippen molar-refractivity contribution >= 4 is 5.91 Å². The third-order valence-electron chi connectivity index (χ3n) is 4.52. The molecule has 0 aliphatic rings. The second-order valence-electron chi connectivity index (χ2n) is 6.63. The van der Waals surface area contributed by atoms with E-state index in [1.54, 1.807) is 18.7 Å². The summed E-state index contributed by atoms with van der Waals surface area (Å²) in [6.45, 7) is 1.98. The standard InChI is InChI=1S/C22H21N5O/c28-22(21-8-6-20(7-9-21)16-27-12-1-10-25-27)24-14-18-2-4-19(5-3-18)15-26-13-11-23-17-26/h1-13,17H,14-16H2,(H,24,28). The summed E-state index contributed by atoms with van der Waals surface area (Å²) >= 11 is 0. The molecule has 0 bridgehead atoms. The first-order chi connectivity index (χ1) is 13.8. The van der Waals surface area contributed by atoms with Crippen LogP contribution in [-0.4, -0.2) is 25.2 Å². The Kier molecular flexibility index (Phi) is 5.29. The molecule has 2 aromatic carbocycles. The summed E-state index contributed by atoms with van der Waals surface area (Å²) in [5, 5.41) is 7.17. The van der Waals surface area contributed by atoms with Gasteiger partial charge >= 0.3 is 0 Å². The lowest BCUT2D eigenvalue weighted by atomic mass is 10.1. The highest BCUT2D eigenvalue weighted by molar-refractivity contribution is 5.94. The minimum atomic E-state index is -0.0758. The van der Waals surface area contributed by atoms with Crippen LogP contribution in [0.4, 0.5) is 0 Å². The minimum absolute atomic E-state index is 0.0758. The topological polar surface area (TPSA) is 64.7 Å². The Balaban J connectivity index is 1.30. The normalized spacial score (nSPS) is 10.7. The Hall–Kier alpha value is -3.67. The van der Waals surface area contributed by atoms with Gasteiger partial charge in [0.25, 0.3) is 5.91 Å². The van der Waals surface area contributed by atoms with Crippen LogP contribution in [0.15, 0.2) is 85.7 Å². The monoisotopic (exact) mass is 371 g/mol. The van der Waals surface area contributed by atoms with Crippen molar-refractivity contribution in [1.29, 1.82) is 0 Å². The van der Waals surface area contributed by atoms with Crippen LogP contribution in [0, 0.1) is 0 Å². The maximum absolute atomic E-state index is 12.4. The molecule has 0 aliphatic heterocycles. The molecule has 6 heteroatoms. The van der Waals surface area contributed by atoms with Crippen LogP contribution in [0.25, 0.3) is 0 Å². The molecule has 0 unspecified atom stereocenters. The number of rotatable bonds is 7. The first-order valence-corrected chi connectivity index (χ1v) is 9.14. The summed E-state index contributed by atoms with van der Waals surface area (Å²) in [7, 11) is 0. The summed E-state index contributed by atoms with van der Waals surface area (Å²) in [4.78, 5) is 16.4. The molecule has 4 aromatic rings. The third kappa shape index (κ3) is 4.54. The first-order valence-electron chi connectivity index (χ1n) is 9.14. The van der Waals surface area contributed by atoms with Crippen molar-refractivity contribution in [1.82, 2.24) is 24.6 Å². The van der Waals surface area contributed by atoms with Gasteiger partial charge in [-0.3, -0.25) is 9.48 Å². The molecule has 1 amide bonds. The van der Waals surface area contributed by atoms with E-state index in [9.17, 15) is 4.79 Å². The number of aromatic nitrogens is 4. The maximum Gasteiger partial charge on any atom is 0.251 e. The van der Waals surface area contributed by atoms with Crippen molar-refractivity contribution in [3.05, 3.63) is 108 Å². The van der Waals surface area contributed by atoms with E-state index in [2.05, 4.69) is 27.5 Å². The molecule has 6 nitrogen and oxygen atoms in total. The zero-order chi connectivity index (χ0) is 19.2. The predicted octanol–water partition coefficient (Wildman–Crippen LogP) is 3.11. The average molecular weight is 371 g/mol. The SMILES string of the molecule is O=C(NCc1ccc(Cn2ccnc2)cc1)c1ccc(Cn2cccn2)cc1. The second-order valence-corrected chi connectivity index (χ2v) is 6.63. The Morgan fingerprint density at radius 2 is 1.57 bits per heavy atom. The van der Waals surface area contributed by atoms with Crippen LogP contribution < -0.4 is 5.32 Å². The van der Waals surface area contributed by atoms with Gasteiger partial charge in [-0.2, -0.15) is 5.10 Å².